The quantitative estimate of drug-likeness (QED) is 0.708. The van der Waals surface area contributed by atoms with Crippen LogP contribution in [0.25, 0.3) is 0 Å². The van der Waals surface area contributed by atoms with Crippen LogP contribution < -0.4 is 11.1 Å². The highest BCUT2D eigenvalue weighted by atomic mass is 35.5. The number of carbonyl (C=O) groups is 2. The molecule has 7 heteroatoms. The second-order valence-corrected chi connectivity index (χ2v) is 4.81. The van der Waals surface area contributed by atoms with Gasteiger partial charge in [-0.1, -0.05) is 13.8 Å². The van der Waals surface area contributed by atoms with Gasteiger partial charge in [-0.3, -0.25) is 4.79 Å². The van der Waals surface area contributed by atoms with Crippen molar-refractivity contribution >= 4 is 24.3 Å². The molecule has 1 saturated heterocycles. The molecule has 112 valence electrons. The first-order chi connectivity index (χ1) is 8.49. The third-order valence-electron chi connectivity index (χ3n) is 3.08. The Morgan fingerprint density at radius 2 is 2.05 bits per heavy atom. The third-order valence-corrected chi connectivity index (χ3v) is 3.08. The third kappa shape index (κ3) is 4.97. The Kier molecular flexibility index (Phi) is 7.97. The van der Waals surface area contributed by atoms with Crippen molar-refractivity contribution in [3.8, 4) is 0 Å². The molecule has 0 bridgehead atoms. The first kappa shape index (κ1) is 18.1. The second-order valence-electron chi connectivity index (χ2n) is 4.81. The lowest BCUT2D eigenvalue weighted by atomic mass is 10.0. The molecule has 6 nitrogen and oxygen atoms in total. The van der Waals surface area contributed by atoms with Crippen LogP contribution in [0.1, 0.15) is 26.7 Å². The summed E-state index contributed by atoms with van der Waals surface area (Å²) in [5.74, 6) is -0.741. The molecular weight excluding hydrogens is 272 g/mol. The highest BCUT2D eigenvalue weighted by Crippen LogP contribution is 2.19. The summed E-state index contributed by atoms with van der Waals surface area (Å²) in [6.45, 7) is 4.11. The maximum absolute atomic E-state index is 12.0. The lowest BCUT2D eigenvalue weighted by Crippen LogP contribution is -2.48. The number of ether oxygens (including phenoxy) is 2. The Balaban J connectivity index is 0.00000324. The number of hydrogen-bond donors (Lipinski definition) is 2. The summed E-state index contributed by atoms with van der Waals surface area (Å²) in [6.07, 6.45) is 0.847. The fraction of sp³-hybridized carbons (Fsp3) is 0.833. The molecule has 1 fully saturated rings. The van der Waals surface area contributed by atoms with Crippen molar-refractivity contribution in [1.29, 1.82) is 0 Å². The molecule has 19 heavy (non-hydrogen) atoms. The minimum Gasteiger partial charge on any atom is -0.467 e. The van der Waals surface area contributed by atoms with Crippen LogP contribution in [0.5, 0.6) is 0 Å². The van der Waals surface area contributed by atoms with Crippen molar-refractivity contribution in [3.63, 3.8) is 0 Å². The van der Waals surface area contributed by atoms with Crippen molar-refractivity contribution in [2.45, 2.75) is 44.9 Å². The van der Waals surface area contributed by atoms with Gasteiger partial charge in [0, 0.05) is 6.54 Å². The van der Waals surface area contributed by atoms with Crippen LogP contribution in [0.4, 0.5) is 0 Å². The molecule has 0 aromatic carbocycles. The van der Waals surface area contributed by atoms with E-state index < -0.39 is 18.1 Å². The summed E-state index contributed by atoms with van der Waals surface area (Å²) in [6, 6.07) is -0.636. The van der Waals surface area contributed by atoms with Crippen molar-refractivity contribution in [2.75, 3.05) is 13.7 Å². The van der Waals surface area contributed by atoms with Crippen molar-refractivity contribution in [1.82, 2.24) is 5.32 Å². The summed E-state index contributed by atoms with van der Waals surface area (Å²) in [4.78, 5) is 23.5. The fourth-order valence-corrected chi connectivity index (χ4v) is 1.94. The number of amides is 1. The summed E-state index contributed by atoms with van der Waals surface area (Å²) >= 11 is 0. The van der Waals surface area contributed by atoms with E-state index in [0.29, 0.717) is 13.0 Å². The van der Waals surface area contributed by atoms with Gasteiger partial charge in [-0.25, -0.2) is 4.79 Å². The number of methoxy groups -OCH3 is 1. The lowest BCUT2D eigenvalue weighted by Gasteiger charge is -2.21. The summed E-state index contributed by atoms with van der Waals surface area (Å²) < 4.78 is 10.1. The molecular formula is C12H23ClN2O4. The predicted octanol–water partition coefficient (Wildman–Crippen LogP) is 0.228. The molecule has 0 aromatic rings. The number of rotatable bonds is 5. The Morgan fingerprint density at radius 1 is 1.42 bits per heavy atom. The highest BCUT2D eigenvalue weighted by Gasteiger charge is 2.33. The van der Waals surface area contributed by atoms with E-state index >= 15 is 0 Å². The molecule has 1 rings (SSSR count). The van der Waals surface area contributed by atoms with Crippen LogP contribution in [-0.2, 0) is 19.1 Å². The number of hydrogen-bond acceptors (Lipinski definition) is 5. The van der Waals surface area contributed by atoms with Crippen molar-refractivity contribution in [2.24, 2.45) is 11.7 Å². The van der Waals surface area contributed by atoms with E-state index in [2.05, 4.69) is 10.1 Å². The maximum atomic E-state index is 12.0. The van der Waals surface area contributed by atoms with Crippen LogP contribution in [0.3, 0.4) is 0 Å². The fourth-order valence-electron chi connectivity index (χ4n) is 1.94. The van der Waals surface area contributed by atoms with Gasteiger partial charge >= 0.3 is 5.97 Å². The summed E-state index contributed by atoms with van der Waals surface area (Å²) in [5.41, 5.74) is 5.48. The zero-order valence-electron chi connectivity index (χ0n) is 11.5. The van der Waals surface area contributed by atoms with Crippen LogP contribution in [0.2, 0.25) is 0 Å². The van der Waals surface area contributed by atoms with Gasteiger partial charge in [0.15, 0.2) is 0 Å². The predicted molar refractivity (Wildman–Crippen MR) is 73.0 cm³/mol. The van der Waals surface area contributed by atoms with E-state index in [1.54, 1.807) is 0 Å². The molecule has 1 amide bonds. The molecule has 0 aromatic heterocycles. The largest absolute Gasteiger partial charge is 0.467 e. The van der Waals surface area contributed by atoms with Crippen LogP contribution in [-0.4, -0.2) is 43.8 Å². The molecule has 0 saturated carbocycles. The Hall–Kier alpha value is -0.850. The zero-order valence-corrected chi connectivity index (χ0v) is 12.4. The van der Waals surface area contributed by atoms with E-state index in [9.17, 15) is 9.59 Å². The molecule has 1 heterocycles. The maximum Gasteiger partial charge on any atom is 0.328 e. The first-order valence-electron chi connectivity index (χ1n) is 6.23. The second kappa shape index (κ2) is 8.35. The minimum atomic E-state index is -0.636. The number of esters is 1. The Bertz CT molecular complexity index is 312. The molecule has 0 aliphatic carbocycles. The molecule has 3 atom stereocenters. The zero-order chi connectivity index (χ0) is 13.7. The van der Waals surface area contributed by atoms with E-state index in [0.717, 1.165) is 6.42 Å². The van der Waals surface area contributed by atoms with Gasteiger partial charge in [0.25, 0.3) is 0 Å². The first-order valence-corrected chi connectivity index (χ1v) is 6.23. The van der Waals surface area contributed by atoms with Crippen molar-refractivity contribution < 1.29 is 19.1 Å². The number of halogens is 1. The minimum absolute atomic E-state index is 0. The monoisotopic (exact) mass is 294 g/mol. The smallest absolute Gasteiger partial charge is 0.328 e. The lowest BCUT2D eigenvalue weighted by molar-refractivity contribution is -0.148. The van der Waals surface area contributed by atoms with Gasteiger partial charge in [0.05, 0.1) is 13.2 Å². The Labute approximate surface area is 119 Å². The molecule has 1 unspecified atom stereocenters. The molecule has 1 aliphatic rings. The van der Waals surface area contributed by atoms with E-state index in [1.807, 2.05) is 13.8 Å². The number of nitrogens with one attached hydrogen (secondary N) is 1. The van der Waals surface area contributed by atoms with Crippen LogP contribution in [0.15, 0.2) is 0 Å². The van der Waals surface area contributed by atoms with Gasteiger partial charge in [-0.2, -0.15) is 0 Å². The Morgan fingerprint density at radius 3 is 2.47 bits per heavy atom. The molecule has 0 radical (unpaired) electrons. The summed E-state index contributed by atoms with van der Waals surface area (Å²) in [5, 5.41) is 2.67. The summed E-state index contributed by atoms with van der Waals surface area (Å²) in [7, 11) is 1.31. The van der Waals surface area contributed by atoms with Gasteiger partial charge in [0.2, 0.25) is 5.91 Å². The average Bonchev–Trinajstić information content (AvgIpc) is 2.83. The standard InChI is InChI=1S/C12H22N2O4.ClH/c1-7(2)10(12(16)17-3)14-11(15)9-5-4-8(6-13)18-9;/h7-10H,4-6,13H2,1-3H3,(H,14,15);1H/t8-,9+,10?;/m1./s1. The number of carbonyl (C=O) groups excluding carboxylic acids is 2. The van der Waals surface area contributed by atoms with E-state index in [-0.39, 0.29) is 30.3 Å². The highest BCUT2D eigenvalue weighted by molar-refractivity contribution is 5.87. The van der Waals surface area contributed by atoms with Gasteiger partial charge in [0.1, 0.15) is 12.1 Å². The van der Waals surface area contributed by atoms with Gasteiger partial charge in [-0.05, 0) is 18.8 Å². The van der Waals surface area contributed by atoms with Crippen molar-refractivity contribution in [3.05, 3.63) is 0 Å². The molecule has 0 spiro atoms. The topological polar surface area (TPSA) is 90.7 Å². The number of nitrogens with two attached hydrogens (primary N) is 1. The van der Waals surface area contributed by atoms with Crippen LogP contribution in [0, 0.1) is 5.92 Å². The SMILES string of the molecule is COC(=O)C(NC(=O)[C@@H]1CC[C@H](CN)O1)C(C)C.Cl. The van der Waals surface area contributed by atoms with E-state index in [1.165, 1.54) is 7.11 Å². The molecule has 3 N–H and O–H groups in total. The average molecular weight is 295 g/mol. The van der Waals surface area contributed by atoms with E-state index in [4.69, 9.17) is 10.5 Å². The van der Waals surface area contributed by atoms with Gasteiger partial charge < -0.3 is 20.5 Å². The molecule has 1 aliphatic heterocycles. The van der Waals surface area contributed by atoms with Gasteiger partial charge in [-0.15, -0.1) is 12.4 Å². The normalized spacial score (nSPS) is 23.6. The van der Waals surface area contributed by atoms with Crippen LogP contribution >= 0.6 is 12.4 Å².